The first-order valence-corrected chi connectivity index (χ1v) is 5.41. The van der Waals surface area contributed by atoms with Crippen LogP contribution in [-0.4, -0.2) is 12.0 Å². The van der Waals surface area contributed by atoms with Gasteiger partial charge in [0.05, 0.1) is 12.0 Å². The van der Waals surface area contributed by atoms with Gasteiger partial charge < -0.3 is 9.73 Å². The Morgan fingerprint density at radius 1 is 1.50 bits per heavy atom. The van der Waals surface area contributed by atoms with Gasteiger partial charge in [-0.2, -0.15) is 0 Å². The minimum absolute atomic E-state index is 0.917. The topological polar surface area (TPSA) is 38.1 Å². The van der Waals surface area contributed by atoms with Crippen molar-refractivity contribution < 1.29 is 4.42 Å². The summed E-state index contributed by atoms with van der Waals surface area (Å²) in [7, 11) is 1.88. The van der Waals surface area contributed by atoms with Gasteiger partial charge in [0.2, 0.25) is 0 Å². The first-order valence-electron chi connectivity index (χ1n) is 4.53. The molecule has 0 amide bonds. The molecule has 2 aromatic heterocycles. The smallest absolute Gasteiger partial charge is 0.182 e. The molecule has 0 aliphatic rings. The van der Waals surface area contributed by atoms with Crippen LogP contribution in [0.5, 0.6) is 0 Å². The van der Waals surface area contributed by atoms with Crippen molar-refractivity contribution in [2.75, 3.05) is 12.4 Å². The van der Waals surface area contributed by atoms with Crippen LogP contribution in [0.25, 0.3) is 0 Å². The zero-order valence-corrected chi connectivity index (χ0v) is 8.80. The molecule has 2 heterocycles. The summed E-state index contributed by atoms with van der Waals surface area (Å²) in [4.78, 5) is 4.39. The third-order valence-electron chi connectivity index (χ3n) is 1.97. The fourth-order valence-electron chi connectivity index (χ4n) is 1.24. The molecule has 0 aliphatic heterocycles. The van der Waals surface area contributed by atoms with Gasteiger partial charge in [0.1, 0.15) is 5.76 Å². The van der Waals surface area contributed by atoms with E-state index in [1.807, 2.05) is 19.2 Å². The van der Waals surface area contributed by atoms with Gasteiger partial charge in [-0.1, -0.05) is 0 Å². The lowest BCUT2D eigenvalue weighted by Gasteiger charge is -1.93. The molecule has 0 saturated carbocycles. The van der Waals surface area contributed by atoms with Gasteiger partial charge in [-0.3, -0.25) is 0 Å². The number of aryl methyl sites for hydroxylation is 2. The van der Waals surface area contributed by atoms with Crippen molar-refractivity contribution in [1.82, 2.24) is 4.98 Å². The van der Waals surface area contributed by atoms with E-state index in [0.29, 0.717) is 0 Å². The van der Waals surface area contributed by atoms with Crippen molar-refractivity contribution in [3.05, 3.63) is 35.2 Å². The summed E-state index contributed by atoms with van der Waals surface area (Å²) < 4.78 is 5.25. The fraction of sp³-hybridized carbons (Fsp3) is 0.300. The van der Waals surface area contributed by atoms with E-state index in [0.717, 1.165) is 29.4 Å². The van der Waals surface area contributed by atoms with Crippen LogP contribution in [0.4, 0.5) is 5.13 Å². The first-order chi connectivity index (χ1) is 6.88. The maximum atomic E-state index is 5.25. The summed E-state index contributed by atoms with van der Waals surface area (Å²) in [6.07, 6.45) is 3.56. The van der Waals surface area contributed by atoms with Crippen LogP contribution in [0, 0.1) is 0 Å². The lowest BCUT2D eigenvalue weighted by molar-refractivity contribution is 0.508. The van der Waals surface area contributed by atoms with E-state index in [9.17, 15) is 0 Å². The number of aromatic nitrogens is 1. The molecule has 0 saturated heterocycles. The summed E-state index contributed by atoms with van der Waals surface area (Å²) in [6, 6.07) is 3.90. The van der Waals surface area contributed by atoms with E-state index >= 15 is 0 Å². The second-order valence-electron chi connectivity index (χ2n) is 2.97. The van der Waals surface area contributed by atoms with E-state index in [-0.39, 0.29) is 0 Å². The van der Waals surface area contributed by atoms with E-state index in [4.69, 9.17) is 4.42 Å². The third-order valence-corrected chi connectivity index (χ3v) is 2.88. The molecule has 14 heavy (non-hydrogen) atoms. The highest BCUT2D eigenvalue weighted by Crippen LogP contribution is 2.16. The van der Waals surface area contributed by atoms with Crippen LogP contribution in [0.3, 0.4) is 0 Å². The largest absolute Gasteiger partial charge is 0.469 e. The van der Waals surface area contributed by atoms with Gasteiger partial charge >= 0.3 is 0 Å². The Kier molecular flexibility index (Phi) is 2.84. The van der Waals surface area contributed by atoms with Crippen LogP contribution >= 0.6 is 11.3 Å². The lowest BCUT2D eigenvalue weighted by atomic mass is 10.2. The van der Waals surface area contributed by atoms with Gasteiger partial charge in [0.25, 0.3) is 0 Å². The number of anilines is 1. The third kappa shape index (κ3) is 2.14. The quantitative estimate of drug-likeness (QED) is 0.839. The number of thiazole rings is 1. The van der Waals surface area contributed by atoms with Gasteiger partial charge in [-0.15, -0.1) is 11.3 Å². The number of hydrogen-bond donors (Lipinski definition) is 1. The molecule has 0 bridgehead atoms. The van der Waals surface area contributed by atoms with Crippen molar-refractivity contribution in [1.29, 1.82) is 0 Å². The molecule has 4 heteroatoms. The Morgan fingerprint density at radius 2 is 2.43 bits per heavy atom. The molecule has 3 nitrogen and oxygen atoms in total. The van der Waals surface area contributed by atoms with Crippen LogP contribution in [0.15, 0.2) is 28.2 Å². The van der Waals surface area contributed by atoms with Crippen molar-refractivity contribution in [3.8, 4) is 0 Å². The SMILES string of the molecule is CNc1nc(CCc2ccco2)cs1. The van der Waals surface area contributed by atoms with Crippen LogP contribution < -0.4 is 5.32 Å². The summed E-state index contributed by atoms with van der Waals surface area (Å²) in [5.41, 5.74) is 1.12. The number of hydrogen-bond acceptors (Lipinski definition) is 4. The molecular formula is C10H12N2OS. The monoisotopic (exact) mass is 208 g/mol. The molecule has 1 N–H and O–H groups in total. The van der Waals surface area contributed by atoms with Gasteiger partial charge in [0.15, 0.2) is 5.13 Å². The predicted octanol–water partition coefficient (Wildman–Crippen LogP) is 2.56. The fourth-order valence-corrected chi connectivity index (χ4v) is 1.95. The lowest BCUT2D eigenvalue weighted by Crippen LogP contribution is -1.91. The highest BCUT2D eigenvalue weighted by molar-refractivity contribution is 7.13. The average molecular weight is 208 g/mol. The molecule has 0 spiro atoms. The van der Waals surface area contributed by atoms with Gasteiger partial charge in [-0.25, -0.2) is 4.98 Å². The zero-order valence-electron chi connectivity index (χ0n) is 7.99. The van der Waals surface area contributed by atoms with Crippen molar-refractivity contribution >= 4 is 16.5 Å². The highest BCUT2D eigenvalue weighted by Gasteiger charge is 2.01. The molecule has 0 fully saturated rings. The van der Waals surface area contributed by atoms with Gasteiger partial charge in [0, 0.05) is 18.8 Å². The molecule has 0 atom stereocenters. The summed E-state index contributed by atoms with van der Waals surface area (Å²) in [6.45, 7) is 0. The maximum Gasteiger partial charge on any atom is 0.182 e. The Balaban J connectivity index is 1.92. The molecular weight excluding hydrogens is 196 g/mol. The number of rotatable bonds is 4. The molecule has 0 radical (unpaired) electrons. The minimum atomic E-state index is 0.917. The second kappa shape index (κ2) is 4.28. The normalized spacial score (nSPS) is 10.4. The van der Waals surface area contributed by atoms with Crippen LogP contribution in [-0.2, 0) is 12.8 Å². The summed E-state index contributed by atoms with van der Waals surface area (Å²) in [5.74, 6) is 1.02. The van der Waals surface area contributed by atoms with E-state index in [1.165, 1.54) is 0 Å². The Labute approximate surface area is 86.8 Å². The summed E-state index contributed by atoms with van der Waals surface area (Å²) in [5, 5.41) is 6.07. The Hall–Kier alpha value is -1.29. The van der Waals surface area contributed by atoms with Gasteiger partial charge in [-0.05, 0) is 18.6 Å². The van der Waals surface area contributed by atoms with Crippen molar-refractivity contribution in [2.24, 2.45) is 0 Å². The predicted molar refractivity (Wildman–Crippen MR) is 57.8 cm³/mol. The number of furan rings is 1. The van der Waals surface area contributed by atoms with E-state index < -0.39 is 0 Å². The van der Waals surface area contributed by atoms with Crippen molar-refractivity contribution in [3.63, 3.8) is 0 Å². The van der Waals surface area contributed by atoms with Crippen LogP contribution in [0.1, 0.15) is 11.5 Å². The zero-order chi connectivity index (χ0) is 9.80. The van der Waals surface area contributed by atoms with Crippen LogP contribution in [0.2, 0.25) is 0 Å². The first kappa shape index (κ1) is 9.27. The average Bonchev–Trinajstić information content (AvgIpc) is 2.86. The van der Waals surface area contributed by atoms with Crippen molar-refractivity contribution in [2.45, 2.75) is 12.8 Å². The highest BCUT2D eigenvalue weighted by atomic mass is 32.1. The molecule has 2 rings (SSSR count). The molecule has 74 valence electrons. The number of nitrogens with zero attached hydrogens (tertiary/aromatic N) is 1. The Bertz CT molecular complexity index is 380. The standard InChI is InChI=1S/C10H12N2OS/c1-11-10-12-8(7-14-10)4-5-9-3-2-6-13-9/h2-3,6-7H,4-5H2,1H3,(H,11,12). The second-order valence-corrected chi connectivity index (χ2v) is 3.83. The van der Waals surface area contributed by atoms with E-state index in [2.05, 4.69) is 15.7 Å². The Morgan fingerprint density at radius 3 is 3.07 bits per heavy atom. The molecule has 0 aliphatic carbocycles. The van der Waals surface area contributed by atoms with E-state index in [1.54, 1.807) is 17.6 Å². The molecule has 0 aromatic carbocycles. The maximum absolute atomic E-state index is 5.25. The molecule has 0 unspecified atom stereocenters. The summed E-state index contributed by atoms with van der Waals surface area (Å²) >= 11 is 1.63. The number of nitrogens with one attached hydrogen (secondary N) is 1. The molecule has 2 aromatic rings. The minimum Gasteiger partial charge on any atom is -0.469 e.